The van der Waals surface area contributed by atoms with Crippen LogP contribution in [-0.2, 0) is 4.79 Å². The van der Waals surface area contributed by atoms with Crippen LogP contribution in [-0.4, -0.2) is 25.3 Å². The van der Waals surface area contributed by atoms with Gasteiger partial charge in [0.2, 0.25) is 0 Å². The molecular formula is C20H25N3O2. The molecule has 0 fully saturated rings. The van der Waals surface area contributed by atoms with Crippen molar-refractivity contribution in [3.63, 3.8) is 0 Å². The van der Waals surface area contributed by atoms with Crippen LogP contribution in [0.5, 0.6) is 5.75 Å². The van der Waals surface area contributed by atoms with Crippen molar-refractivity contribution in [3.05, 3.63) is 58.7 Å². The number of aryl methyl sites for hydroxylation is 3. The topological polar surface area (TPSA) is 62.7 Å². The van der Waals surface area contributed by atoms with Gasteiger partial charge in [-0.1, -0.05) is 29.8 Å². The molecular weight excluding hydrogens is 314 g/mol. The first kappa shape index (κ1) is 18.5. The highest BCUT2D eigenvalue weighted by atomic mass is 16.5. The first-order chi connectivity index (χ1) is 12.0. The molecule has 5 heteroatoms. The van der Waals surface area contributed by atoms with Crippen LogP contribution in [0.25, 0.3) is 0 Å². The van der Waals surface area contributed by atoms with Crippen molar-refractivity contribution in [3.8, 4) is 5.75 Å². The molecule has 0 radical (unpaired) electrons. The summed E-state index contributed by atoms with van der Waals surface area (Å²) in [7, 11) is 0. The lowest BCUT2D eigenvalue weighted by Gasteiger charge is -2.13. The van der Waals surface area contributed by atoms with Gasteiger partial charge in [0.1, 0.15) is 5.75 Å². The molecule has 0 bridgehead atoms. The lowest BCUT2D eigenvalue weighted by molar-refractivity contribution is -0.119. The minimum Gasteiger partial charge on any atom is -0.493 e. The van der Waals surface area contributed by atoms with E-state index in [1.165, 1.54) is 5.56 Å². The zero-order chi connectivity index (χ0) is 18.2. The zero-order valence-corrected chi connectivity index (χ0v) is 15.2. The van der Waals surface area contributed by atoms with Gasteiger partial charge in [0.25, 0.3) is 5.91 Å². The average molecular weight is 339 g/mol. The second-order valence-corrected chi connectivity index (χ2v) is 5.89. The molecule has 132 valence electrons. The molecule has 0 aromatic heterocycles. The normalized spacial score (nSPS) is 10.7. The van der Waals surface area contributed by atoms with Crippen molar-refractivity contribution >= 4 is 17.8 Å². The molecule has 0 saturated carbocycles. The second-order valence-electron chi connectivity index (χ2n) is 5.89. The number of nitrogens with one attached hydrogen (secondary N) is 2. The molecule has 0 aliphatic heterocycles. The highest BCUT2D eigenvalue weighted by Gasteiger charge is 2.06. The number of nitrogens with zero attached hydrogens (tertiary/aromatic N) is 1. The highest BCUT2D eigenvalue weighted by molar-refractivity contribution is 5.86. The Morgan fingerprint density at radius 3 is 2.52 bits per heavy atom. The van der Waals surface area contributed by atoms with E-state index in [4.69, 9.17) is 4.74 Å². The minimum atomic E-state index is -0.204. The summed E-state index contributed by atoms with van der Waals surface area (Å²) in [5.41, 5.74) is 7.81. The van der Waals surface area contributed by atoms with Crippen LogP contribution in [0.2, 0.25) is 0 Å². The van der Waals surface area contributed by atoms with Gasteiger partial charge in [-0.3, -0.25) is 4.79 Å². The Kier molecular flexibility index (Phi) is 6.57. The summed E-state index contributed by atoms with van der Waals surface area (Å²) >= 11 is 0. The van der Waals surface area contributed by atoms with Crippen LogP contribution in [0.1, 0.15) is 29.2 Å². The first-order valence-corrected chi connectivity index (χ1v) is 8.36. The van der Waals surface area contributed by atoms with E-state index in [1.54, 1.807) is 6.21 Å². The molecule has 0 heterocycles. The minimum absolute atomic E-state index is 0.162. The highest BCUT2D eigenvalue weighted by Crippen LogP contribution is 2.21. The lowest BCUT2D eigenvalue weighted by Crippen LogP contribution is -2.26. The summed E-state index contributed by atoms with van der Waals surface area (Å²) < 4.78 is 5.52. The summed E-state index contributed by atoms with van der Waals surface area (Å²) in [6.45, 7) is 8.79. The smallest absolute Gasteiger partial charge is 0.259 e. The summed E-state index contributed by atoms with van der Waals surface area (Å²) in [5, 5.41) is 7.19. The molecule has 2 aromatic rings. The van der Waals surface area contributed by atoms with Gasteiger partial charge >= 0.3 is 0 Å². The molecule has 1 amide bonds. The summed E-state index contributed by atoms with van der Waals surface area (Å²) in [6.07, 6.45) is 1.59. The zero-order valence-electron chi connectivity index (χ0n) is 15.2. The second kappa shape index (κ2) is 8.87. The fourth-order valence-electron chi connectivity index (χ4n) is 2.72. The van der Waals surface area contributed by atoms with Crippen molar-refractivity contribution < 1.29 is 9.53 Å². The first-order valence-electron chi connectivity index (χ1n) is 8.36. The van der Waals surface area contributed by atoms with Crippen LogP contribution in [0, 0.1) is 20.8 Å². The van der Waals surface area contributed by atoms with Crippen LogP contribution in [0.15, 0.2) is 41.5 Å². The molecule has 2 rings (SSSR count). The number of carbonyl (C=O) groups is 1. The molecule has 0 aliphatic rings. The van der Waals surface area contributed by atoms with Gasteiger partial charge in [0.15, 0.2) is 0 Å². The summed E-state index contributed by atoms with van der Waals surface area (Å²) in [4.78, 5) is 12.0. The van der Waals surface area contributed by atoms with E-state index in [-0.39, 0.29) is 12.5 Å². The van der Waals surface area contributed by atoms with Gasteiger partial charge in [0, 0.05) is 11.3 Å². The number of carbonyl (C=O) groups excluding carboxylic acids is 1. The molecule has 0 atom stereocenters. The molecule has 0 saturated heterocycles. The largest absolute Gasteiger partial charge is 0.493 e. The van der Waals surface area contributed by atoms with Gasteiger partial charge < -0.3 is 10.1 Å². The predicted octanol–water partition coefficient (Wildman–Crippen LogP) is 3.57. The third-order valence-corrected chi connectivity index (χ3v) is 3.71. The number of hydrogen-bond donors (Lipinski definition) is 2. The third-order valence-electron chi connectivity index (χ3n) is 3.71. The Hall–Kier alpha value is -2.82. The SMILES string of the molecule is CCOc1ccccc1/C=N\NC(=O)CNc1c(C)cc(C)cc1C. The number of amides is 1. The van der Waals surface area contributed by atoms with Crippen LogP contribution in [0.3, 0.4) is 0 Å². The summed E-state index contributed by atoms with van der Waals surface area (Å²) in [6, 6.07) is 11.7. The van der Waals surface area contributed by atoms with E-state index in [0.29, 0.717) is 6.61 Å². The van der Waals surface area contributed by atoms with Gasteiger partial charge in [-0.15, -0.1) is 0 Å². The van der Waals surface area contributed by atoms with E-state index in [0.717, 1.165) is 28.1 Å². The fourth-order valence-corrected chi connectivity index (χ4v) is 2.72. The molecule has 2 aromatic carbocycles. The molecule has 0 spiro atoms. The quantitative estimate of drug-likeness (QED) is 0.599. The van der Waals surface area contributed by atoms with Crippen molar-refractivity contribution in [1.82, 2.24) is 5.43 Å². The van der Waals surface area contributed by atoms with E-state index in [2.05, 4.69) is 34.9 Å². The monoisotopic (exact) mass is 339 g/mol. The molecule has 0 unspecified atom stereocenters. The number of hydrogen-bond acceptors (Lipinski definition) is 4. The fraction of sp³-hybridized carbons (Fsp3) is 0.300. The number of anilines is 1. The Morgan fingerprint density at radius 2 is 1.84 bits per heavy atom. The van der Waals surface area contributed by atoms with Crippen molar-refractivity contribution in [2.24, 2.45) is 5.10 Å². The number of benzene rings is 2. The van der Waals surface area contributed by atoms with E-state index >= 15 is 0 Å². The average Bonchev–Trinajstić information content (AvgIpc) is 2.55. The molecule has 2 N–H and O–H groups in total. The van der Waals surface area contributed by atoms with E-state index in [1.807, 2.05) is 45.0 Å². The number of para-hydroxylation sites is 1. The molecule has 0 aliphatic carbocycles. The standard InChI is InChI=1S/C20H25N3O2/c1-5-25-18-9-7-6-8-17(18)12-22-23-19(24)13-21-20-15(3)10-14(2)11-16(20)4/h6-12,21H,5,13H2,1-4H3,(H,23,24)/b22-12-. The maximum absolute atomic E-state index is 12.0. The van der Waals surface area contributed by atoms with E-state index < -0.39 is 0 Å². The van der Waals surface area contributed by atoms with Gasteiger partial charge in [0.05, 0.1) is 19.4 Å². The number of hydrazone groups is 1. The maximum atomic E-state index is 12.0. The van der Waals surface area contributed by atoms with Gasteiger partial charge in [-0.05, 0) is 51.0 Å². The van der Waals surface area contributed by atoms with Crippen molar-refractivity contribution in [2.45, 2.75) is 27.7 Å². The molecule has 5 nitrogen and oxygen atoms in total. The van der Waals surface area contributed by atoms with Crippen molar-refractivity contribution in [2.75, 3.05) is 18.5 Å². The number of ether oxygens (including phenoxy) is 1. The molecule has 25 heavy (non-hydrogen) atoms. The number of rotatable bonds is 7. The summed E-state index contributed by atoms with van der Waals surface area (Å²) in [5.74, 6) is 0.538. The van der Waals surface area contributed by atoms with Gasteiger partial charge in [-0.2, -0.15) is 5.10 Å². The van der Waals surface area contributed by atoms with E-state index in [9.17, 15) is 4.79 Å². The van der Waals surface area contributed by atoms with Crippen LogP contribution < -0.4 is 15.5 Å². The Balaban J connectivity index is 1.91. The Labute approximate surface area is 149 Å². The Morgan fingerprint density at radius 1 is 1.16 bits per heavy atom. The van der Waals surface area contributed by atoms with Crippen molar-refractivity contribution in [1.29, 1.82) is 0 Å². The third kappa shape index (κ3) is 5.35. The van der Waals surface area contributed by atoms with Crippen LogP contribution in [0.4, 0.5) is 5.69 Å². The Bertz CT molecular complexity index is 746. The maximum Gasteiger partial charge on any atom is 0.259 e. The predicted molar refractivity (Wildman–Crippen MR) is 102 cm³/mol. The van der Waals surface area contributed by atoms with Gasteiger partial charge in [-0.25, -0.2) is 5.43 Å². The van der Waals surface area contributed by atoms with Crippen LogP contribution >= 0.6 is 0 Å². The lowest BCUT2D eigenvalue weighted by atomic mass is 10.1.